The highest BCUT2D eigenvalue weighted by atomic mass is 16.4. The molecule has 2 N–H and O–H groups in total. The minimum atomic E-state index is -0.882. The first-order valence-corrected chi connectivity index (χ1v) is 7.16. The Morgan fingerprint density at radius 1 is 1.32 bits per heavy atom. The molecule has 108 valence electrons. The van der Waals surface area contributed by atoms with Gasteiger partial charge < -0.3 is 20.2 Å². The molecule has 6 nitrogen and oxygen atoms in total. The summed E-state index contributed by atoms with van der Waals surface area (Å²) in [5.41, 5.74) is 0. The van der Waals surface area contributed by atoms with Crippen LogP contribution in [0.3, 0.4) is 0 Å². The number of rotatable bonds is 3. The van der Waals surface area contributed by atoms with Crippen LogP contribution < -0.4 is 5.32 Å². The minimum Gasteiger partial charge on any atom is -0.480 e. The third-order valence-corrected chi connectivity index (χ3v) is 4.12. The predicted octanol–water partition coefficient (Wildman–Crippen LogP) is 0.729. The van der Waals surface area contributed by atoms with Crippen molar-refractivity contribution in [3.8, 4) is 0 Å². The van der Waals surface area contributed by atoms with Crippen LogP contribution in [0.1, 0.15) is 32.6 Å². The van der Waals surface area contributed by atoms with Crippen LogP contribution in [-0.4, -0.2) is 65.2 Å². The number of carbonyl (C=O) groups excluding carboxylic acids is 1. The molecule has 0 unspecified atom stereocenters. The van der Waals surface area contributed by atoms with Crippen LogP contribution in [0, 0.1) is 0 Å². The normalized spacial score (nSPS) is 24.5. The molecule has 2 aliphatic heterocycles. The van der Waals surface area contributed by atoms with E-state index in [1.165, 1.54) is 4.90 Å². The number of hydrogen-bond acceptors (Lipinski definition) is 3. The van der Waals surface area contributed by atoms with E-state index in [2.05, 4.69) is 5.32 Å². The molecule has 0 aromatic carbocycles. The van der Waals surface area contributed by atoms with Gasteiger partial charge in [-0.15, -0.1) is 0 Å². The van der Waals surface area contributed by atoms with Crippen molar-refractivity contribution in [2.45, 2.75) is 44.7 Å². The maximum atomic E-state index is 12.6. The smallest absolute Gasteiger partial charge is 0.326 e. The Morgan fingerprint density at radius 2 is 2.00 bits per heavy atom. The molecule has 2 amide bonds. The van der Waals surface area contributed by atoms with Crippen LogP contribution in [0.25, 0.3) is 0 Å². The molecule has 2 heterocycles. The van der Waals surface area contributed by atoms with E-state index in [9.17, 15) is 14.7 Å². The van der Waals surface area contributed by atoms with Gasteiger partial charge in [0, 0.05) is 19.1 Å². The van der Waals surface area contributed by atoms with E-state index in [1.54, 1.807) is 0 Å². The van der Waals surface area contributed by atoms with Crippen LogP contribution in [-0.2, 0) is 4.79 Å². The summed E-state index contributed by atoms with van der Waals surface area (Å²) in [4.78, 5) is 27.1. The molecular weight excluding hydrogens is 246 g/mol. The molecule has 19 heavy (non-hydrogen) atoms. The van der Waals surface area contributed by atoms with Crippen LogP contribution in [0.4, 0.5) is 4.79 Å². The molecule has 0 saturated carbocycles. The average Bonchev–Trinajstić information content (AvgIpc) is 2.90. The number of nitrogens with zero attached hydrogens (tertiary/aromatic N) is 2. The van der Waals surface area contributed by atoms with E-state index in [0.717, 1.165) is 32.4 Å². The molecule has 2 fully saturated rings. The Bertz CT molecular complexity index is 342. The van der Waals surface area contributed by atoms with E-state index < -0.39 is 12.0 Å². The van der Waals surface area contributed by atoms with Crippen molar-refractivity contribution in [3.05, 3.63) is 0 Å². The lowest BCUT2D eigenvalue weighted by molar-refractivity contribution is -0.141. The third kappa shape index (κ3) is 3.00. The molecule has 1 atom stereocenters. The van der Waals surface area contributed by atoms with Crippen molar-refractivity contribution in [2.75, 3.05) is 26.2 Å². The highest BCUT2D eigenvalue weighted by Gasteiger charge is 2.37. The number of urea groups is 1. The Hall–Kier alpha value is -1.30. The molecule has 0 aromatic heterocycles. The summed E-state index contributed by atoms with van der Waals surface area (Å²) in [6.07, 6.45) is 3.26. The molecule has 0 aromatic rings. The van der Waals surface area contributed by atoms with Crippen molar-refractivity contribution < 1.29 is 14.7 Å². The summed E-state index contributed by atoms with van der Waals surface area (Å²) in [6.45, 7) is 5.03. The second kappa shape index (κ2) is 6.23. The molecule has 0 bridgehead atoms. The molecular formula is C13H23N3O3. The van der Waals surface area contributed by atoms with Crippen molar-refractivity contribution in [3.63, 3.8) is 0 Å². The number of nitrogens with one attached hydrogen (secondary N) is 1. The van der Waals surface area contributed by atoms with Gasteiger partial charge in [0.2, 0.25) is 0 Å². The fourth-order valence-electron chi connectivity index (χ4n) is 3.09. The van der Waals surface area contributed by atoms with E-state index in [1.807, 2.05) is 11.8 Å². The topological polar surface area (TPSA) is 72.9 Å². The van der Waals surface area contributed by atoms with E-state index in [-0.39, 0.29) is 12.1 Å². The number of carbonyl (C=O) groups is 2. The van der Waals surface area contributed by atoms with E-state index >= 15 is 0 Å². The highest BCUT2D eigenvalue weighted by Crippen LogP contribution is 2.22. The van der Waals surface area contributed by atoms with Gasteiger partial charge in [0.05, 0.1) is 0 Å². The van der Waals surface area contributed by atoms with Gasteiger partial charge in [-0.05, 0) is 45.7 Å². The summed E-state index contributed by atoms with van der Waals surface area (Å²) in [5, 5.41) is 12.5. The zero-order valence-corrected chi connectivity index (χ0v) is 11.5. The SMILES string of the molecule is CCN(C(=O)N1CCC[C@@H]1C(=O)O)C1CCNCC1. The second-order valence-electron chi connectivity index (χ2n) is 5.24. The van der Waals surface area contributed by atoms with Crippen molar-refractivity contribution in [1.29, 1.82) is 0 Å². The first kappa shape index (κ1) is 14.1. The number of aliphatic carboxylic acids is 1. The number of hydrogen-bond donors (Lipinski definition) is 2. The first-order valence-electron chi connectivity index (χ1n) is 7.16. The van der Waals surface area contributed by atoms with Gasteiger partial charge in [-0.3, -0.25) is 0 Å². The van der Waals surface area contributed by atoms with Gasteiger partial charge in [0.1, 0.15) is 6.04 Å². The van der Waals surface area contributed by atoms with E-state index in [4.69, 9.17) is 0 Å². The molecule has 2 rings (SSSR count). The molecule has 0 spiro atoms. The van der Waals surface area contributed by atoms with Gasteiger partial charge in [-0.25, -0.2) is 9.59 Å². The molecule has 2 aliphatic rings. The van der Waals surface area contributed by atoms with E-state index in [0.29, 0.717) is 19.5 Å². The molecule has 0 aliphatic carbocycles. The molecule has 0 radical (unpaired) electrons. The predicted molar refractivity (Wildman–Crippen MR) is 71.0 cm³/mol. The van der Waals surface area contributed by atoms with Crippen LogP contribution in [0.2, 0.25) is 0 Å². The first-order chi connectivity index (χ1) is 9.15. The quantitative estimate of drug-likeness (QED) is 0.792. The number of carboxylic acid groups (broad SMARTS) is 1. The lowest BCUT2D eigenvalue weighted by atomic mass is 10.1. The number of carboxylic acids is 1. The summed E-state index contributed by atoms with van der Waals surface area (Å²) in [5.74, 6) is -0.882. The number of amides is 2. The standard InChI is InChI=1S/C13H23N3O3/c1-2-15(10-5-7-14-8-6-10)13(19)16-9-3-4-11(16)12(17)18/h10-11,14H,2-9H2,1H3,(H,17,18)/t11-/m1/s1. The van der Waals surface area contributed by atoms with Gasteiger partial charge in [-0.1, -0.05) is 0 Å². The average molecular weight is 269 g/mol. The summed E-state index contributed by atoms with van der Waals surface area (Å²) in [6, 6.07) is -0.489. The van der Waals surface area contributed by atoms with Crippen LogP contribution in [0.5, 0.6) is 0 Å². The van der Waals surface area contributed by atoms with Gasteiger partial charge >= 0.3 is 12.0 Å². The number of likely N-dealkylation sites (tertiary alicyclic amines) is 1. The van der Waals surface area contributed by atoms with Crippen molar-refractivity contribution in [1.82, 2.24) is 15.1 Å². The lowest BCUT2D eigenvalue weighted by Gasteiger charge is -2.37. The Morgan fingerprint density at radius 3 is 2.58 bits per heavy atom. The third-order valence-electron chi connectivity index (χ3n) is 4.12. The number of piperidine rings is 1. The zero-order chi connectivity index (χ0) is 13.8. The van der Waals surface area contributed by atoms with Crippen LogP contribution in [0.15, 0.2) is 0 Å². The van der Waals surface area contributed by atoms with Crippen molar-refractivity contribution in [2.24, 2.45) is 0 Å². The maximum absolute atomic E-state index is 12.6. The minimum absolute atomic E-state index is 0.0979. The second-order valence-corrected chi connectivity index (χ2v) is 5.24. The van der Waals surface area contributed by atoms with Crippen LogP contribution >= 0.6 is 0 Å². The zero-order valence-electron chi connectivity index (χ0n) is 11.5. The Labute approximate surface area is 113 Å². The summed E-state index contributed by atoms with van der Waals surface area (Å²) in [7, 11) is 0. The summed E-state index contributed by atoms with van der Waals surface area (Å²) < 4.78 is 0. The summed E-state index contributed by atoms with van der Waals surface area (Å²) >= 11 is 0. The fraction of sp³-hybridized carbons (Fsp3) is 0.846. The van der Waals surface area contributed by atoms with Gasteiger partial charge in [0.25, 0.3) is 0 Å². The fourth-order valence-corrected chi connectivity index (χ4v) is 3.09. The Balaban J connectivity index is 2.05. The largest absolute Gasteiger partial charge is 0.480 e. The highest BCUT2D eigenvalue weighted by molar-refractivity contribution is 5.83. The van der Waals surface area contributed by atoms with Crippen molar-refractivity contribution >= 4 is 12.0 Å². The maximum Gasteiger partial charge on any atom is 0.326 e. The molecule has 6 heteroatoms. The Kier molecular flexibility index (Phi) is 4.63. The lowest BCUT2D eigenvalue weighted by Crippen LogP contribution is -2.53. The van der Waals surface area contributed by atoms with Gasteiger partial charge in [0.15, 0.2) is 0 Å². The van der Waals surface area contributed by atoms with Gasteiger partial charge in [-0.2, -0.15) is 0 Å². The molecule has 2 saturated heterocycles. The monoisotopic (exact) mass is 269 g/mol.